The number of halogens is 3. The van der Waals surface area contributed by atoms with Crippen molar-refractivity contribution in [2.45, 2.75) is 26.9 Å². The second kappa shape index (κ2) is 16.3. The first-order valence-electron chi connectivity index (χ1n) is 10.6. The predicted octanol–water partition coefficient (Wildman–Crippen LogP) is 7.79. The van der Waals surface area contributed by atoms with E-state index in [1.165, 1.54) is 24.1 Å². The molecule has 0 bridgehead atoms. The fourth-order valence-corrected chi connectivity index (χ4v) is 3.02. The first-order chi connectivity index (χ1) is 16.4. The first kappa shape index (κ1) is 32.7. The molecule has 0 aromatic heterocycles. The summed E-state index contributed by atoms with van der Waals surface area (Å²) in [6.07, 6.45) is -4.47. The van der Waals surface area contributed by atoms with Crippen molar-refractivity contribution in [1.29, 1.82) is 0 Å². The van der Waals surface area contributed by atoms with Crippen molar-refractivity contribution in [2.75, 3.05) is 12.0 Å². The van der Waals surface area contributed by atoms with Crippen LogP contribution in [0.4, 0.5) is 30.2 Å². The summed E-state index contributed by atoms with van der Waals surface area (Å²) in [5.41, 5.74) is 1.31. The normalized spacial score (nSPS) is 12.7. The molecule has 0 N–H and O–H groups in total. The quantitative estimate of drug-likeness (QED) is 0.301. The van der Waals surface area contributed by atoms with Gasteiger partial charge in [-0.05, 0) is 43.5 Å². The summed E-state index contributed by atoms with van der Waals surface area (Å²) in [4.78, 5) is 18.8. The van der Waals surface area contributed by atoms with Gasteiger partial charge in [0.25, 0.3) is 5.91 Å². The second-order valence-corrected chi connectivity index (χ2v) is 6.29. The number of ether oxygens (including phenoxy) is 1. The van der Waals surface area contributed by atoms with Crippen LogP contribution in [0, 0.1) is 14.0 Å². The van der Waals surface area contributed by atoms with Crippen molar-refractivity contribution in [1.82, 2.24) is 0 Å². The Morgan fingerprint density at radius 2 is 1.43 bits per heavy atom. The minimum absolute atomic E-state index is 0. The van der Waals surface area contributed by atoms with E-state index in [-0.39, 0.29) is 50.0 Å². The average Bonchev–Trinajstić information content (AvgIpc) is 3.13. The van der Waals surface area contributed by atoms with Crippen molar-refractivity contribution < 1.29 is 55.4 Å². The maximum Gasteiger partial charge on any atom is 0.416 e. The number of anilines is 2. The van der Waals surface area contributed by atoms with Gasteiger partial charge in [-0.25, -0.2) is 12.1 Å². The van der Waals surface area contributed by atoms with Crippen LogP contribution in [-0.2, 0) is 48.4 Å². The van der Waals surface area contributed by atoms with Gasteiger partial charge < -0.3 is 11.7 Å². The molecular weight excluding hydrogens is 530 g/mol. The number of benzene rings is 3. The fraction of sp³-hybridized carbons (Fsp3) is 0.185. The molecule has 1 aliphatic rings. The number of carbonyl (C=O) groups excluding carboxylic acids is 1. The van der Waals surface area contributed by atoms with Gasteiger partial charge in [-0.15, -0.1) is 0 Å². The number of carbonyl (C=O) groups is 1. The molecule has 3 aromatic carbocycles. The minimum Gasteiger partial charge on any atom is -0.557 e. The third-order valence-electron chi connectivity index (χ3n) is 4.23. The molecular formula is C27H29F3N2O2Y-2. The van der Waals surface area contributed by atoms with E-state index in [4.69, 9.17) is 0 Å². The summed E-state index contributed by atoms with van der Waals surface area (Å²) in [6.45, 7) is 9.00. The van der Waals surface area contributed by atoms with E-state index in [0.717, 1.165) is 12.1 Å². The molecule has 0 spiro atoms. The van der Waals surface area contributed by atoms with Gasteiger partial charge in [0.15, 0.2) is 0 Å². The Morgan fingerprint density at radius 1 is 0.886 bits per heavy atom. The van der Waals surface area contributed by atoms with E-state index in [0.29, 0.717) is 16.9 Å². The van der Waals surface area contributed by atoms with Crippen LogP contribution in [0.15, 0.2) is 83.9 Å². The van der Waals surface area contributed by atoms with Crippen molar-refractivity contribution in [3.8, 4) is 0 Å². The van der Waals surface area contributed by atoms with Gasteiger partial charge in [0.05, 0.1) is 16.9 Å². The second-order valence-electron chi connectivity index (χ2n) is 6.29. The van der Waals surface area contributed by atoms with Crippen LogP contribution in [0.2, 0.25) is 0 Å². The number of nitrogens with zero attached hydrogens (tertiary/aromatic N) is 2. The van der Waals surface area contributed by atoms with Gasteiger partial charge in [-0.1, -0.05) is 56.3 Å². The van der Waals surface area contributed by atoms with Gasteiger partial charge >= 0.3 is 6.18 Å². The van der Waals surface area contributed by atoms with Crippen LogP contribution in [0.1, 0.15) is 31.9 Å². The molecule has 1 aliphatic heterocycles. The summed E-state index contributed by atoms with van der Waals surface area (Å²) in [5.74, 6) is -0.375. The summed E-state index contributed by atoms with van der Waals surface area (Å²) in [7, 11) is 4.50. The standard InChI is InChI=1S/C21H13F3N2O.C2H5O.C2H6.C2H5.Y/c22-21(23,24)14-7-6-8-15(13-14)25-19-17-11-4-5-12-18(17)26(20(19)27)16-9-2-1-3-10-16;1-3-2;2*1-2;/h1-13H;1H2,2H3;1-2H3;1H2,2H3;/q;-1;;-1;. The van der Waals surface area contributed by atoms with E-state index < -0.39 is 11.7 Å². The van der Waals surface area contributed by atoms with E-state index in [1.807, 2.05) is 32.0 Å². The van der Waals surface area contributed by atoms with Crippen LogP contribution in [0.25, 0.3) is 0 Å². The minimum atomic E-state index is -4.47. The number of methoxy groups -OCH3 is 1. The van der Waals surface area contributed by atoms with Gasteiger partial charge in [-0.2, -0.15) is 20.1 Å². The first-order valence-corrected chi connectivity index (χ1v) is 10.6. The van der Waals surface area contributed by atoms with Crippen LogP contribution in [-0.4, -0.2) is 18.7 Å². The molecule has 0 unspecified atom stereocenters. The van der Waals surface area contributed by atoms with Gasteiger partial charge in [0.2, 0.25) is 0 Å². The molecule has 3 aromatic rings. The Kier molecular flexibility index (Phi) is 15.3. The van der Waals surface area contributed by atoms with E-state index in [9.17, 15) is 18.0 Å². The Morgan fingerprint density at radius 3 is 2.00 bits per heavy atom. The van der Waals surface area contributed by atoms with Crippen molar-refractivity contribution >= 4 is 28.7 Å². The van der Waals surface area contributed by atoms with E-state index >= 15 is 0 Å². The molecule has 0 saturated carbocycles. The zero-order chi connectivity index (χ0) is 25.7. The van der Waals surface area contributed by atoms with Crippen LogP contribution in [0.3, 0.4) is 0 Å². The van der Waals surface area contributed by atoms with Crippen molar-refractivity contribution in [3.63, 3.8) is 0 Å². The topological polar surface area (TPSA) is 41.9 Å². The van der Waals surface area contributed by atoms with Gasteiger partial charge in [-0.3, -0.25) is 9.69 Å². The zero-order valence-electron chi connectivity index (χ0n) is 20.3. The molecule has 0 atom stereocenters. The zero-order valence-corrected chi connectivity index (χ0v) is 23.2. The Balaban J connectivity index is 0.00000132. The largest absolute Gasteiger partial charge is 0.557 e. The van der Waals surface area contributed by atoms with E-state index in [1.54, 1.807) is 43.3 Å². The third-order valence-corrected chi connectivity index (χ3v) is 4.23. The molecule has 4 nitrogen and oxygen atoms in total. The van der Waals surface area contributed by atoms with Crippen molar-refractivity contribution in [3.05, 3.63) is 104 Å². The number of hydrogen-bond acceptors (Lipinski definition) is 3. The molecule has 1 radical (unpaired) electrons. The molecule has 1 amide bonds. The Hall–Kier alpha value is -2.35. The number of hydrogen-bond donors (Lipinski definition) is 0. The molecule has 8 heteroatoms. The van der Waals surface area contributed by atoms with Crippen LogP contribution in [0.5, 0.6) is 0 Å². The van der Waals surface area contributed by atoms with Crippen molar-refractivity contribution in [2.24, 2.45) is 4.99 Å². The summed E-state index contributed by atoms with van der Waals surface area (Å²) < 4.78 is 42.9. The van der Waals surface area contributed by atoms with Crippen LogP contribution < -0.4 is 4.90 Å². The predicted molar refractivity (Wildman–Crippen MR) is 132 cm³/mol. The number of fused-ring (bicyclic) bond motifs is 1. The Bertz CT molecular complexity index is 1070. The third kappa shape index (κ3) is 8.67. The number of aliphatic imine (C=N–C) groups is 1. The number of amides is 1. The Labute approximate surface area is 231 Å². The molecule has 35 heavy (non-hydrogen) atoms. The van der Waals surface area contributed by atoms with Crippen LogP contribution >= 0.6 is 0 Å². The fourth-order valence-electron chi connectivity index (χ4n) is 3.02. The summed E-state index contributed by atoms with van der Waals surface area (Å²) in [5, 5.41) is 0. The van der Waals surface area contributed by atoms with E-state index in [2.05, 4.69) is 23.8 Å². The van der Waals surface area contributed by atoms with Gasteiger partial charge in [0, 0.05) is 44.0 Å². The molecule has 0 saturated heterocycles. The SMILES string of the molecule is CC.O=C1C(=Nc2cccc(C(F)(F)F)c2)c2ccccc2N1c1ccccc1.[CH2-]C.[CH2-]OC.[Y]. The number of para-hydroxylation sites is 2. The molecule has 1 heterocycles. The number of alkyl halides is 3. The van der Waals surface area contributed by atoms with Gasteiger partial charge in [0.1, 0.15) is 5.71 Å². The molecule has 185 valence electrons. The monoisotopic (exact) mass is 559 g/mol. The maximum absolute atomic E-state index is 13.0. The smallest absolute Gasteiger partial charge is 0.416 e. The average molecular weight is 559 g/mol. The molecule has 4 rings (SSSR count). The summed E-state index contributed by atoms with van der Waals surface area (Å²) >= 11 is 0. The molecule has 0 fully saturated rings. The number of rotatable bonds is 2. The maximum atomic E-state index is 13.0. The summed E-state index contributed by atoms with van der Waals surface area (Å²) in [6, 6.07) is 20.8. The molecule has 0 aliphatic carbocycles.